The molecule has 88 valence electrons. The van der Waals surface area contributed by atoms with Crippen molar-refractivity contribution in [3.05, 3.63) is 12.2 Å². The first-order valence-electron chi connectivity index (χ1n) is 4.71. The van der Waals surface area contributed by atoms with Crippen molar-refractivity contribution in [1.82, 2.24) is 4.90 Å². The molecule has 1 rings (SSSR count). The van der Waals surface area contributed by atoms with Crippen LogP contribution >= 0.6 is 11.6 Å². The third-order valence-corrected chi connectivity index (χ3v) is 2.61. The zero-order chi connectivity index (χ0) is 12.5. The molecule has 0 aliphatic carbocycles. The number of halogens is 1. The highest BCUT2D eigenvalue weighted by atomic mass is 35.5. The predicted octanol–water partition coefficient (Wildman–Crippen LogP) is 0.206. The Morgan fingerprint density at radius 1 is 1.69 bits per heavy atom. The van der Waals surface area contributed by atoms with Gasteiger partial charge in [-0.2, -0.15) is 0 Å². The molecule has 2 unspecified atom stereocenters. The van der Waals surface area contributed by atoms with E-state index in [9.17, 15) is 19.5 Å². The molecule has 1 aliphatic rings. The number of aliphatic hydroxyl groups excluding tert-OH is 1. The van der Waals surface area contributed by atoms with Gasteiger partial charge in [0.1, 0.15) is 11.6 Å². The van der Waals surface area contributed by atoms with Gasteiger partial charge < -0.3 is 5.11 Å². The zero-order valence-electron chi connectivity index (χ0n) is 8.77. The molecular formula is C10H12ClNO4. The largest absolute Gasteiger partial charge is 0.373 e. The average Bonchev–Trinajstić information content (AvgIpc) is 2.40. The van der Waals surface area contributed by atoms with Crippen molar-refractivity contribution in [2.75, 3.05) is 0 Å². The Labute approximate surface area is 97.7 Å². The second kappa shape index (κ2) is 4.76. The van der Waals surface area contributed by atoms with Crippen molar-refractivity contribution >= 4 is 29.2 Å². The van der Waals surface area contributed by atoms with Gasteiger partial charge in [0.25, 0.3) is 0 Å². The number of nitrogens with zero attached hydrogens (tertiary/aromatic N) is 1. The number of hydrogen-bond acceptors (Lipinski definition) is 4. The highest BCUT2D eigenvalue weighted by Gasteiger charge is 2.41. The van der Waals surface area contributed by atoms with Gasteiger partial charge in [0.2, 0.25) is 11.8 Å². The number of imide groups is 1. The summed E-state index contributed by atoms with van der Waals surface area (Å²) in [6.45, 7) is 4.91. The summed E-state index contributed by atoms with van der Waals surface area (Å²) in [6, 6.07) is 0. The maximum Gasteiger partial charge on any atom is 0.249 e. The first-order chi connectivity index (χ1) is 7.34. The van der Waals surface area contributed by atoms with Crippen LogP contribution in [-0.2, 0) is 14.4 Å². The molecule has 0 spiro atoms. The molecule has 0 saturated carbocycles. The first-order valence-corrected chi connectivity index (χ1v) is 5.15. The molecule has 0 aromatic rings. The van der Waals surface area contributed by atoms with Gasteiger partial charge in [0.05, 0.1) is 12.8 Å². The van der Waals surface area contributed by atoms with Crippen molar-refractivity contribution in [3.8, 4) is 0 Å². The molecule has 6 heteroatoms. The third kappa shape index (κ3) is 2.48. The van der Waals surface area contributed by atoms with E-state index in [-0.39, 0.29) is 18.4 Å². The Hall–Kier alpha value is -1.20. The molecule has 1 N–H and O–H groups in total. The molecule has 0 aromatic heterocycles. The fourth-order valence-corrected chi connectivity index (χ4v) is 1.59. The van der Waals surface area contributed by atoms with Crippen LogP contribution in [0.5, 0.6) is 0 Å². The molecular weight excluding hydrogens is 234 g/mol. The number of likely N-dealkylation sites (tertiary alicyclic amines) is 1. The van der Waals surface area contributed by atoms with Crippen LogP contribution in [0.15, 0.2) is 12.2 Å². The van der Waals surface area contributed by atoms with Crippen LogP contribution < -0.4 is 0 Å². The standard InChI is InChI=1S/C10H12ClNO4/c1-5(2)7(13)4-9(15)12-8(14)3-6(11)10(12)16/h6,9,15H,1,3-4H2,2H3. The maximum absolute atomic E-state index is 11.4. The highest BCUT2D eigenvalue weighted by Crippen LogP contribution is 2.21. The van der Waals surface area contributed by atoms with Gasteiger partial charge in [0.15, 0.2) is 5.78 Å². The molecule has 1 aliphatic heterocycles. The van der Waals surface area contributed by atoms with Crippen molar-refractivity contribution in [2.45, 2.75) is 31.4 Å². The second-order valence-corrected chi connectivity index (χ2v) is 4.19. The summed E-state index contributed by atoms with van der Waals surface area (Å²) in [5.41, 5.74) is 0.264. The lowest BCUT2D eigenvalue weighted by Gasteiger charge is -2.20. The van der Waals surface area contributed by atoms with Crippen LogP contribution in [0.1, 0.15) is 19.8 Å². The SMILES string of the molecule is C=C(C)C(=O)CC(O)N1C(=O)CC(Cl)C1=O. The van der Waals surface area contributed by atoms with Gasteiger partial charge in [0, 0.05) is 0 Å². The smallest absolute Gasteiger partial charge is 0.249 e. The molecule has 1 heterocycles. The Balaban J connectivity index is 2.71. The number of alkyl halides is 1. The Kier molecular flexibility index (Phi) is 3.83. The summed E-state index contributed by atoms with van der Waals surface area (Å²) >= 11 is 5.57. The molecule has 2 atom stereocenters. The van der Waals surface area contributed by atoms with E-state index in [0.29, 0.717) is 4.90 Å². The molecule has 0 bridgehead atoms. The van der Waals surface area contributed by atoms with Gasteiger partial charge in [-0.1, -0.05) is 6.58 Å². The Morgan fingerprint density at radius 2 is 2.25 bits per heavy atom. The summed E-state index contributed by atoms with van der Waals surface area (Å²) in [5, 5.41) is 8.65. The molecule has 5 nitrogen and oxygen atoms in total. The summed E-state index contributed by atoms with van der Waals surface area (Å²) in [4.78, 5) is 34.6. The topological polar surface area (TPSA) is 74.7 Å². The molecule has 0 aromatic carbocycles. The van der Waals surface area contributed by atoms with Crippen LogP contribution in [0.2, 0.25) is 0 Å². The Bertz CT molecular complexity index is 366. The second-order valence-electron chi connectivity index (χ2n) is 3.66. The summed E-state index contributed by atoms with van der Waals surface area (Å²) in [7, 11) is 0. The Morgan fingerprint density at radius 3 is 2.62 bits per heavy atom. The lowest BCUT2D eigenvalue weighted by atomic mass is 10.1. The number of amides is 2. The molecule has 0 radical (unpaired) electrons. The van der Waals surface area contributed by atoms with E-state index < -0.39 is 29.2 Å². The summed E-state index contributed by atoms with van der Waals surface area (Å²) in [6.07, 6.45) is -1.93. The van der Waals surface area contributed by atoms with E-state index >= 15 is 0 Å². The molecule has 1 saturated heterocycles. The number of aliphatic hydroxyl groups is 1. The van der Waals surface area contributed by atoms with E-state index in [1.54, 1.807) is 0 Å². The van der Waals surface area contributed by atoms with Gasteiger partial charge in [-0.25, -0.2) is 0 Å². The monoisotopic (exact) mass is 245 g/mol. The van der Waals surface area contributed by atoms with Gasteiger partial charge in [-0.05, 0) is 12.5 Å². The van der Waals surface area contributed by atoms with Crippen LogP contribution in [0.4, 0.5) is 0 Å². The molecule has 2 amide bonds. The lowest BCUT2D eigenvalue weighted by Crippen LogP contribution is -2.41. The van der Waals surface area contributed by atoms with Crippen molar-refractivity contribution in [2.24, 2.45) is 0 Å². The number of rotatable bonds is 4. The minimum Gasteiger partial charge on any atom is -0.373 e. The lowest BCUT2D eigenvalue weighted by molar-refractivity contribution is -0.150. The number of ketones is 1. The summed E-state index contributed by atoms with van der Waals surface area (Å²) < 4.78 is 0. The highest BCUT2D eigenvalue weighted by molar-refractivity contribution is 6.35. The average molecular weight is 246 g/mol. The van der Waals surface area contributed by atoms with E-state index in [4.69, 9.17) is 11.6 Å². The zero-order valence-corrected chi connectivity index (χ0v) is 9.53. The van der Waals surface area contributed by atoms with E-state index in [1.165, 1.54) is 6.92 Å². The first kappa shape index (κ1) is 12.9. The van der Waals surface area contributed by atoms with E-state index in [2.05, 4.69) is 6.58 Å². The predicted molar refractivity (Wildman–Crippen MR) is 56.6 cm³/mol. The van der Waals surface area contributed by atoms with Gasteiger partial charge in [-0.3, -0.25) is 19.3 Å². The number of allylic oxidation sites excluding steroid dienone is 1. The molecule has 1 fully saturated rings. The van der Waals surface area contributed by atoms with E-state index in [1.807, 2.05) is 0 Å². The normalized spacial score (nSPS) is 22.4. The van der Waals surface area contributed by atoms with E-state index in [0.717, 1.165) is 0 Å². The van der Waals surface area contributed by atoms with Crippen molar-refractivity contribution in [3.63, 3.8) is 0 Å². The fourth-order valence-electron chi connectivity index (χ4n) is 1.36. The molecule has 16 heavy (non-hydrogen) atoms. The minimum absolute atomic E-state index is 0.140. The van der Waals surface area contributed by atoms with Crippen LogP contribution in [0.25, 0.3) is 0 Å². The summed E-state index contributed by atoms with van der Waals surface area (Å²) in [5.74, 6) is -1.62. The minimum atomic E-state index is -1.45. The fraction of sp³-hybridized carbons (Fsp3) is 0.500. The number of carbonyl (C=O) groups excluding carboxylic acids is 3. The van der Waals surface area contributed by atoms with Crippen LogP contribution in [0, 0.1) is 0 Å². The quantitative estimate of drug-likeness (QED) is 0.436. The maximum atomic E-state index is 11.4. The number of carbonyl (C=O) groups is 3. The number of hydrogen-bond donors (Lipinski definition) is 1. The number of Topliss-reactive ketones (excluding diaryl/α,β-unsaturated/α-hetero) is 1. The van der Waals surface area contributed by atoms with Crippen molar-refractivity contribution < 1.29 is 19.5 Å². The van der Waals surface area contributed by atoms with Crippen LogP contribution in [-0.4, -0.2) is 39.2 Å². The van der Waals surface area contributed by atoms with Gasteiger partial charge >= 0.3 is 0 Å². The van der Waals surface area contributed by atoms with Crippen LogP contribution in [0.3, 0.4) is 0 Å². The third-order valence-electron chi connectivity index (χ3n) is 2.27. The van der Waals surface area contributed by atoms with Gasteiger partial charge in [-0.15, -0.1) is 11.6 Å². The van der Waals surface area contributed by atoms with Crippen molar-refractivity contribution in [1.29, 1.82) is 0 Å².